The molecule has 0 aromatic heterocycles. The van der Waals surface area contributed by atoms with Gasteiger partial charge in [-0.2, -0.15) is 0 Å². The number of carbonyl (C=O) groups is 1. The predicted octanol–water partition coefficient (Wildman–Crippen LogP) is 5.73. The van der Waals surface area contributed by atoms with Crippen molar-refractivity contribution in [1.82, 2.24) is 4.90 Å². The monoisotopic (exact) mass is 394 g/mol. The van der Waals surface area contributed by atoms with Crippen LogP contribution in [0.4, 0.5) is 5.69 Å². The summed E-state index contributed by atoms with van der Waals surface area (Å²) in [5.74, 6) is 1.32. The molecule has 0 spiro atoms. The lowest BCUT2D eigenvalue weighted by atomic mass is 10.2. The number of amides is 1. The number of benzene rings is 2. The first-order chi connectivity index (χ1) is 13.4. The molecule has 1 heterocycles. The van der Waals surface area contributed by atoms with Gasteiger partial charge in [-0.25, -0.2) is 4.99 Å². The highest BCUT2D eigenvalue weighted by molar-refractivity contribution is 8.18. The molecule has 1 aliphatic rings. The average molecular weight is 395 g/mol. The van der Waals surface area contributed by atoms with E-state index in [1.807, 2.05) is 74.5 Å². The van der Waals surface area contributed by atoms with Crippen LogP contribution in [0.25, 0.3) is 6.08 Å². The summed E-state index contributed by atoms with van der Waals surface area (Å²) in [7, 11) is 0. The van der Waals surface area contributed by atoms with E-state index >= 15 is 0 Å². The lowest BCUT2D eigenvalue weighted by molar-refractivity contribution is -0.123. The Hall–Kier alpha value is -2.53. The van der Waals surface area contributed by atoms with Gasteiger partial charge < -0.3 is 4.74 Å². The number of hydrogen-bond donors (Lipinski definition) is 0. The van der Waals surface area contributed by atoms with Gasteiger partial charge in [0.05, 0.1) is 17.2 Å². The van der Waals surface area contributed by atoms with E-state index in [4.69, 9.17) is 4.74 Å². The Morgan fingerprint density at radius 3 is 2.32 bits per heavy atom. The van der Waals surface area contributed by atoms with Crippen molar-refractivity contribution >= 4 is 34.6 Å². The first-order valence-corrected chi connectivity index (χ1v) is 10.4. The highest BCUT2D eigenvalue weighted by Gasteiger charge is 2.35. The zero-order chi connectivity index (χ0) is 20.1. The smallest absolute Gasteiger partial charge is 0.266 e. The van der Waals surface area contributed by atoms with E-state index < -0.39 is 0 Å². The molecular formula is C23H26N2O2S. The van der Waals surface area contributed by atoms with Crippen LogP contribution in [0.1, 0.15) is 33.3 Å². The second-order valence-electron chi connectivity index (χ2n) is 7.38. The summed E-state index contributed by atoms with van der Waals surface area (Å²) in [6.07, 6.45) is 1.92. The van der Waals surface area contributed by atoms with E-state index in [0.29, 0.717) is 22.6 Å². The van der Waals surface area contributed by atoms with Crippen molar-refractivity contribution in [3.05, 3.63) is 65.1 Å². The van der Waals surface area contributed by atoms with Crippen LogP contribution in [-0.4, -0.2) is 28.6 Å². The molecule has 5 heteroatoms. The number of thioether (sulfide) groups is 1. The molecule has 2 aromatic carbocycles. The lowest BCUT2D eigenvalue weighted by Gasteiger charge is -2.19. The molecule has 28 heavy (non-hydrogen) atoms. The van der Waals surface area contributed by atoms with Gasteiger partial charge in [0.1, 0.15) is 5.75 Å². The number of carbonyl (C=O) groups excluding carboxylic acids is 1. The van der Waals surface area contributed by atoms with Crippen LogP contribution < -0.4 is 4.74 Å². The molecular weight excluding hydrogens is 368 g/mol. The number of aliphatic imine (C=N–C) groups is 1. The lowest BCUT2D eigenvalue weighted by Crippen LogP contribution is -2.35. The van der Waals surface area contributed by atoms with Gasteiger partial charge in [0.15, 0.2) is 5.17 Å². The zero-order valence-corrected chi connectivity index (χ0v) is 17.6. The summed E-state index contributed by atoms with van der Waals surface area (Å²) in [6.45, 7) is 8.94. The van der Waals surface area contributed by atoms with Crippen molar-refractivity contribution in [1.29, 1.82) is 0 Å². The number of hydrogen-bond acceptors (Lipinski definition) is 4. The molecule has 2 aromatic rings. The molecule has 0 aliphatic carbocycles. The molecule has 1 amide bonds. The fourth-order valence-electron chi connectivity index (χ4n) is 2.71. The maximum Gasteiger partial charge on any atom is 0.266 e. The number of rotatable bonds is 6. The minimum absolute atomic E-state index is 0.00480. The Balaban J connectivity index is 1.82. The van der Waals surface area contributed by atoms with Crippen molar-refractivity contribution in [2.24, 2.45) is 10.9 Å². The van der Waals surface area contributed by atoms with E-state index in [-0.39, 0.29) is 11.9 Å². The van der Waals surface area contributed by atoms with Crippen LogP contribution in [0.15, 0.2) is 64.5 Å². The van der Waals surface area contributed by atoms with Gasteiger partial charge in [0, 0.05) is 6.04 Å². The van der Waals surface area contributed by atoms with Crippen molar-refractivity contribution in [3.8, 4) is 5.75 Å². The fraction of sp³-hybridized carbons (Fsp3) is 0.304. The molecule has 0 atom stereocenters. The molecule has 0 unspecified atom stereocenters. The quantitative estimate of drug-likeness (QED) is 0.587. The molecule has 0 bridgehead atoms. The Labute approximate surface area is 171 Å². The van der Waals surface area contributed by atoms with E-state index in [1.165, 1.54) is 11.8 Å². The van der Waals surface area contributed by atoms with Gasteiger partial charge in [0.2, 0.25) is 0 Å². The third-order valence-electron chi connectivity index (χ3n) is 4.10. The van der Waals surface area contributed by atoms with Gasteiger partial charge in [-0.15, -0.1) is 0 Å². The first kappa shape index (κ1) is 20.2. The van der Waals surface area contributed by atoms with E-state index in [1.54, 1.807) is 4.90 Å². The Bertz CT molecular complexity index is 871. The van der Waals surface area contributed by atoms with Crippen molar-refractivity contribution < 1.29 is 9.53 Å². The molecule has 0 radical (unpaired) electrons. The number of nitrogens with zero attached hydrogens (tertiary/aromatic N) is 2. The van der Waals surface area contributed by atoms with Crippen LogP contribution >= 0.6 is 11.8 Å². The van der Waals surface area contributed by atoms with Crippen molar-refractivity contribution in [2.45, 2.75) is 33.7 Å². The summed E-state index contributed by atoms with van der Waals surface area (Å²) < 4.78 is 5.73. The molecule has 4 nitrogen and oxygen atoms in total. The van der Waals surface area contributed by atoms with E-state index in [2.05, 4.69) is 18.8 Å². The summed E-state index contributed by atoms with van der Waals surface area (Å²) in [5, 5.41) is 0.717. The minimum Gasteiger partial charge on any atom is -0.493 e. The highest BCUT2D eigenvalue weighted by Crippen LogP contribution is 2.35. The van der Waals surface area contributed by atoms with Crippen LogP contribution in [0, 0.1) is 5.92 Å². The molecule has 1 fully saturated rings. The summed E-state index contributed by atoms with van der Waals surface area (Å²) in [6, 6.07) is 17.6. The Kier molecular flexibility index (Phi) is 6.57. The topological polar surface area (TPSA) is 41.9 Å². The number of para-hydroxylation sites is 1. The summed E-state index contributed by atoms with van der Waals surface area (Å²) in [5.41, 5.74) is 1.81. The van der Waals surface area contributed by atoms with Gasteiger partial charge in [-0.05, 0) is 67.4 Å². The average Bonchev–Trinajstić information content (AvgIpc) is 2.97. The SMILES string of the molecule is CC(C)COc1ccc(/C=C2/SC(=Nc3ccccc3)N(C(C)C)C2=O)cc1. The largest absolute Gasteiger partial charge is 0.493 e. The molecule has 0 saturated carbocycles. The Morgan fingerprint density at radius 2 is 1.71 bits per heavy atom. The van der Waals surface area contributed by atoms with Crippen LogP contribution in [0.3, 0.4) is 0 Å². The molecule has 3 rings (SSSR count). The Morgan fingerprint density at radius 1 is 1.04 bits per heavy atom. The maximum absolute atomic E-state index is 12.9. The molecule has 1 aliphatic heterocycles. The highest BCUT2D eigenvalue weighted by atomic mass is 32.2. The van der Waals surface area contributed by atoms with E-state index in [0.717, 1.165) is 17.0 Å². The predicted molar refractivity (Wildman–Crippen MR) is 118 cm³/mol. The third-order valence-corrected chi connectivity index (χ3v) is 5.08. The van der Waals surface area contributed by atoms with Gasteiger partial charge >= 0.3 is 0 Å². The number of amidine groups is 1. The third kappa shape index (κ3) is 5.04. The summed E-state index contributed by atoms with van der Waals surface area (Å²) in [4.78, 5) is 20.0. The standard InChI is InChI=1S/C23H26N2O2S/c1-16(2)15-27-20-12-10-18(11-13-20)14-21-22(26)25(17(3)4)23(28-21)24-19-8-6-5-7-9-19/h5-14,16-17H,15H2,1-4H3/b21-14+,24-23?. The van der Waals surface area contributed by atoms with E-state index in [9.17, 15) is 4.79 Å². The van der Waals surface area contributed by atoms with Crippen molar-refractivity contribution in [2.75, 3.05) is 6.61 Å². The normalized spacial score (nSPS) is 17.4. The van der Waals surface area contributed by atoms with Gasteiger partial charge in [-0.3, -0.25) is 9.69 Å². The first-order valence-electron chi connectivity index (χ1n) is 9.53. The fourth-order valence-corrected chi connectivity index (χ4v) is 3.83. The zero-order valence-electron chi connectivity index (χ0n) is 16.8. The van der Waals surface area contributed by atoms with Crippen molar-refractivity contribution in [3.63, 3.8) is 0 Å². The summed E-state index contributed by atoms with van der Waals surface area (Å²) >= 11 is 1.42. The maximum atomic E-state index is 12.9. The minimum atomic E-state index is -0.00480. The molecule has 0 N–H and O–H groups in total. The number of ether oxygens (including phenoxy) is 1. The molecule has 146 valence electrons. The molecule has 1 saturated heterocycles. The van der Waals surface area contributed by atoms with Gasteiger partial charge in [-0.1, -0.05) is 44.2 Å². The second-order valence-corrected chi connectivity index (χ2v) is 8.39. The van der Waals surface area contributed by atoms with Crippen LogP contribution in [0.5, 0.6) is 5.75 Å². The van der Waals surface area contributed by atoms with Crippen LogP contribution in [-0.2, 0) is 4.79 Å². The second kappa shape index (κ2) is 9.11. The van der Waals surface area contributed by atoms with Gasteiger partial charge in [0.25, 0.3) is 5.91 Å². The van der Waals surface area contributed by atoms with Crippen LogP contribution in [0.2, 0.25) is 0 Å².